The zero-order chi connectivity index (χ0) is 15.5. The van der Waals surface area contributed by atoms with E-state index in [-0.39, 0.29) is 0 Å². The lowest BCUT2D eigenvalue weighted by Gasteiger charge is -2.11. The van der Waals surface area contributed by atoms with Crippen molar-refractivity contribution in [3.05, 3.63) is 29.8 Å². The molecular weight excluding hydrogens is 300 g/mol. The molecule has 0 heterocycles. The Labute approximate surface area is 138 Å². The van der Waals surface area contributed by atoms with Crippen LogP contribution in [0.25, 0.3) is 0 Å². The SMILES string of the molecule is CCc1ccc(NC(=S)NCCNCCNC(C)=S)cc1. The number of hydrogen-bond acceptors (Lipinski definition) is 3. The van der Waals surface area contributed by atoms with Crippen LogP contribution < -0.4 is 21.3 Å². The van der Waals surface area contributed by atoms with Crippen molar-refractivity contribution in [1.29, 1.82) is 0 Å². The molecule has 21 heavy (non-hydrogen) atoms. The minimum atomic E-state index is 0.647. The highest BCUT2D eigenvalue weighted by molar-refractivity contribution is 7.80. The van der Waals surface area contributed by atoms with Gasteiger partial charge in [0.25, 0.3) is 0 Å². The Bertz CT molecular complexity index is 445. The molecule has 0 spiro atoms. The van der Waals surface area contributed by atoms with Gasteiger partial charge in [-0.15, -0.1) is 0 Å². The normalized spacial score (nSPS) is 10.0. The van der Waals surface area contributed by atoms with Crippen molar-refractivity contribution in [3.8, 4) is 0 Å². The highest BCUT2D eigenvalue weighted by atomic mass is 32.1. The number of benzene rings is 1. The van der Waals surface area contributed by atoms with Crippen LogP contribution >= 0.6 is 24.4 Å². The third-order valence-electron chi connectivity index (χ3n) is 2.88. The van der Waals surface area contributed by atoms with Crippen molar-refractivity contribution in [2.45, 2.75) is 20.3 Å². The maximum absolute atomic E-state index is 5.25. The smallest absolute Gasteiger partial charge is 0.170 e. The lowest BCUT2D eigenvalue weighted by molar-refractivity contribution is 0.660. The van der Waals surface area contributed by atoms with Crippen molar-refractivity contribution in [2.24, 2.45) is 0 Å². The van der Waals surface area contributed by atoms with E-state index < -0.39 is 0 Å². The van der Waals surface area contributed by atoms with E-state index in [1.54, 1.807) is 0 Å². The van der Waals surface area contributed by atoms with Gasteiger partial charge in [0.15, 0.2) is 5.11 Å². The monoisotopic (exact) mass is 324 g/mol. The number of hydrogen-bond donors (Lipinski definition) is 4. The van der Waals surface area contributed by atoms with E-state index in [4.69, 9.17) is 24.4 Å². The first-order chi connectivity index (χ1) is 10.1. The number of anilines is 1. The summed E-state index contributed by atoms with van der Waals surface area (Å²) in [5, 5.41) is 13.4. The average molecular weight is 325 g/mol. The van der Waals surface area contributed by atoms with Gasteiger partial charge in [0, 0.05) is 31.9 Å². The van der Waals surface area contributed by atoms with Gasteiger partial charge in [-0.3, -0.25) is 0 Å². The quantitative estimate of drug-likeness (QED) is 0.434. The van der Waals surface area contributed by atoms with E-state index in [1.165, 1.54) is 5.56 Å². The van der Waals surface area contributed by atoms with E-state index in [9.17, 15) is 0 Å². The predicted octanol–water partition coefficient (Wildman–Crippen LogP) is 2.06. The molecule has 116 valence electrons. The molecule has 0 radical (unpaired) electrons. The molecule has 0 aliphatic heterocycles. The second-order valence-electron chi connectivity index (χ2n) is 4.66. The van der Waals surface area contributed by atoms with Crippen molar-refractivity contribution < 1.29 is 0 Å². The fourth-order valence-electron chi connectivity index (χ4n) is 1.72. The molecule has 0 aromatic heterocycles. The molecule has 0 atom stereocenters. The Morgan fingerprint density at radius 1 is 0.952 bits per heavy atom. The van der Waals surface area contributed by atoms with Crippen LogP contribution in [-0.4, -0.2) is 36.3 Å². The maximum atomic E-state index is 5.25. The zero-order valence-electron chi connectivity index (χ0n) is 12.7. The Kier molecular flexibility index (Phi) is 8.89. The van der Waals surface area contributed by atoms with Crippen molar-refractivity contribution in [2.75, 3.05) is 31.5 Å². The second kappa shape index (κ2) is 10.5. The van der Waals surface area contributed by atoms with Gasteiger partial charge in [0.2, 0.25) is 0 Å². The topological polar surface area (TPSA) is 48.1 Å². The summed E-state index contributed by atoms with van der Waals surface area (Å²) < 4.78 is 0. The van der Waals surface area contributed by atoms with Gasteiger partial charge in [0.05, 0.1) is 4.99 Å². The van der Waals surface area contributed by atoms with Gasteiger partial charge in [-0.1, -0.05) is 31.3 Å². The van der Waals surface area contributed by atoms with Gasteiger partial charge >= 0.3 is 0 Å². The second-order valence-corrected chi connectivity index (χ2v) is 5.68. The molecule has 0 unspecified atom stereocenters. The summed E-state index contributed by atoms with van der Waals surface area (Å²) in [7, 11) is 0. The maximum Gasteiger partial charge on any atom is 0.170 e. The molecule has 6 heteroatoms. The summed E-state index contributed by atoms with van der Waals surface area (Å²) in [6.07, 6.45) is 1.05. The van der Waals surface area contributed by atoms with Crippen LogP contribution in [0.2, 0.25) is 0 Å². The fraction of sp³-hybridized carbons (Fsp3) is 0.467. The summed E-state index contributed by atoms with van der Waals surface area (Å²) >= 11 is 10.2. The molecular formula is C15H24N4S2. The number of thiocarbonyl (C=S) groups is 2. The highest BCUT2D eigenvalue weighted by Gasteiger charge is 1.97. The van der Waals surface area contributed by atoms with E-state index in [0.29, 0.717) is 5.11 Å². The van der Waals surface area contributed by atoms with E-state index in [2.05, 4.69) is 40.3 Å². The van der Waals surface area contributed by atoms with Crippen LogP contribution in [0.1, 0.15) is 19.4 Å². The molecule has 0 bridgehead atoms. The third kappa shape index (κ3) is 8.60. The number of nitrogens with one attached hydrogen (secondary N) is 4. The minimum absolute atomic E-state index is 0.647. The van der Waals surface area contributed by atoms with E-state index in [0.717, 1.165) is 43.3 Å². The van der Waals surface area contributed by atoms with Crippen LogP contribution in [0.4, 0.5) is 5.69 Å². The van der Waals surface area contributed by atoms with Gasteiger partial charge in [-0.25, -0.2) is 0 Å². The van der Waals surface area contributed by atoms with Crippen molar-refractivity contribution in [1.82, 2.24) is 16.0 Å². The Balaban J connectivity index is 2.09. The predicted molar refractivity (Wildman–Crippen MR) is 99.2 cm³/mol. The summed E-state index contributed by atoms with van der Waals surface area (Å²) in [5.74, 6) is 0. The molecule has 0 amide bonds. The van der Waals surface area contributed by atoms with E-state index >= 15 is 0 Å². The summed E-state index contributed by atoms with van der Waals surface area (Å²) in [6, 6.07) is 8.31. The van der Waals surface area contributed by atoms with Gasteiger partial charge in [-0.05, 0) is 43.3 Å². The minimum Gasteiger partial charge on any atom is -0.379 e. The van der Waals surface area contributed by atoms with Crippen LogP contribution in [0.5, 0.6) is 0 Å². The number of aryl methyl sites for hydroxylation is 1. The van der Waals surface area contributed by atoms with Gasteiger partial charge in [-0.2, -0.15) is 0 Å². The largest absolute Gasteiger partial charge is 0.379 e. The summed E-state index contributed by atoms with van der Waals surface area (Å²) in [6.45, 7) is 7.40. The van der Waals surface area contributed by atoms with Crippen LogP contribution in [-0.2, 0) is 6.42 Å². The first kappa shape index (κ1) is 17.8. The molecule has 0 aliphatic rings. The molecule has 1 aromatic rings. The first-order valence-electron chi connectivity index (χ1n) is 7.20. The molecule has 0 fully saturated rings. The van der Waals surface area contributed by atoms with Gasteiger partial charge in [0.1, 0.15) is 0 Å². The fourth-order valence-corrected chi connectivity index (χ4v) is 2.04. The molecule has 4 N–H and O–H groups in total. The highest BCUT2D eigenvalue weighted by Crippen LogP contribution is 2.09. The van der Waals surface area contributed by atoms with Crippen molar-refractivity contribution in [3.63, 3.8) is 0 Å². The summed E-state index contributed by atoms with van der Waals surface area (Å²) in [5.41, 5.74) is 2.34. The third-order valence-corrected chi connectivity index (χ3v) is 3.27. The van der Waals surface area contributed by atoms with Crippen molar-refractivity contribution >= 4 is 40.2 Å². The molecule has 0 saturated heterocycles. The molecule has 0 aliphatic carbocycles. The summed E-state index contributed by atoms with van der Waals surface area (Å²) in [4.78, 5) is 0.828. The molecule has 4 nitrogen and oxygen atoms in total. The average Bonchev–Trinajstić information content (AvgIpc) is 2.46. The Hall–Kier alpha value is -1.24. The lowest BCUT2D eigenvalue weighted by Crippen LogP contribution is -2.37. The van der Waals surface area contributed by atoms with Crippen LogP contribution in [0, 0.1) is 0 Å². The van der Waals surface area contributed by atoms with Gasteiger partial charge < -0.3 is 21.3 Å². The van der Waals surface area contributed by atoms with Crippen LogP contribution in [0.3, 0.4) is 0 Å². The lowest BCUT2D eigenvalue weighted by atomic mass is 10.1. The van der Waals surface area contributed by atoms with Crippen LogP contribution in [0.15, 0.2) is 24.3 Å². The molecule has 1 aromatic carbocycles. The standard InChI is InChI=1S/C15H24N4S2/c1-3-13-4-6-14(7-5-13)19-15(21)18-11-9-16-8-10-17-12(2)20/h4-7,16H,3,8-11H2,1-2H3,(H,17,20)(H2,18,19,21). The Morgan fingerprint density at radius 2 is 1.57 bits per heavy atom. The molecule has 0 saturated carbocycles. The van der Waals surface area contributed by atoms with E-state index in [1.807, 2.05) is 19.1 Å². The zero-order valence-corrected chi connectivity index (χ0v) is 14.3. The first-order valence-corrected chi connectivity index (χ1v) is 8.02. The Morgan fingerprint density at radius 3 is 2.14 bits per heavy atom. The molecule has 1 rings (SSSR count). The number of rotatable bonds is 8.